The summed E-state index contributed by atoms with van der Waals surface area (Å²) in [6.45, 7) is 7.49. The van der Waals surface area contributed by atoms with E-state index in [9.17, 15) is 9.90 Å². The second kappa shape index (κ2) is 7.56. The molecule has 136 valence electrons. The van der Waals surface area contributed by atoms with Crippen LogP contribution >= 0.6 is 0 Å². The number of amides is 1. The molecule has 2 N–H and O–H groups in total. The zero-order valence-electron chi connectivity index (χ0n) is 14.9. The van der Waals surface area contributed by atoms with Crippen LogP contribution in [0.15, 0.2) is 28.9 Å². The summed E-state index contributed by atoms with van der Waals surface area (Å²) in [6.07, 6.45) is 1.87. The number of β-amino-alcohol motifs (C(OH)–C–C–N with tert-alkyl or cyclic N) is 1. The van der Waals surface area contributed by atoms with Crippen molar-refractivity contribution in [1.29, 1.82) is 0 Å². The Morgan fingerprint density at radius 3 is 2.88 bits per heavy atom. The summed E-state index contributed by atoms with van der Waals surface area (Å²) >= 11 is 0. The SMILES string of the molecule is Cc1ccc2c(CC(=O)NCC(C)(O)CN3CCOCC3)coc2c1. The molecule has 1 fully saturated rings. The first-order chi connectivity index (χ1) is 11.9. The Bertz CT molecular complexity index is 732. The van der Waals surface area contributed by atoms with E-state index in [0.29, 0.717) is 19.8 Å². The molecule has 1 aliphatic rings. The van der Waals surface area contributed by atoms with Crippen LogP contribution in [-0.4, -0.2) is 60.9 Å². The zero-order chi connectivity index (χ0) is 17.9. The molecular formula is C19H26N2O4. The molecule has 0 aliphatic carbocycles. The van der Waals surface area contributed by atoms with Gasteiger partial charge in [-0.1, -0.05) is 12.1 Å². The van der Waals surface area contributed by atoms with E-state index in [1.165, 1.54) is 0 Å². The molecule has 2 aromatic rings. The quantitative estimate of drug-likeness (QED) is 0.829. The Morgan fingerprint density at radius 1 is 1.36 bits per heavy atom. The Hall–Kier alpha value is -1.89. The molecule has 0 bridgehead atoms. The van der Waals surface area contributed by atoms with Crippen molar-refractivity contribution in [2.24, 2.45) is 0 Å². The van der Waals surface area contributed by atoms with Crippen LogP contribution in [0.3, 0.4) is 0 Å². The van der Waals surface area contributed by atoms with E-state index >= 15 is 0 Å². The summed E-state index contributed by atoms with van der Waals surface area (Å²) in [5.41, 5.74) is 1.81. The van der Waals surface area contributed by atoms with Crippen molar-refractivity contribution in [2.45, 2.75) is 25.9 Å². The number of carbonyl (C=O) groups is 1. The van der Waals surface area contributed by atoms with Gasteiger partial charge in [0.2, 0.25) is 5.91 Å². The number of furan rings is 1. The summed E-state index contributed by atoms with van der Waals surface area (Å²) in [5.74, 6) is -0.120. The van der Waals surface area contributed by atoms with Crippen LogP contribution in [0.4, 0.5) is 0 Å². The van der Waals surface area contributed by atoms with Crippen LogP contribution in [0.1, 0.15) is 18.1 Å². The molecule has 25 heavy (non-hydrogen) atoms. The zero-order valence-corrected chi connectivity index (χ0v) is 14.9. The second-order valence-corrected chi connectivity index (χ2v) is 7.10. The van der Waals surface area contributed by atoms with Crippen LogP contribution in [0.5, 0.6) is 0 Å². The lowest BCUT2D eigenvalue weighted by molar-refractivity contribution is -0.121. The third-order valence-electron chi connectivity index (χ3n) is 4.50. The summed E-state index contributed by atoms with van der Waals surface area (Å²) in [5, 5.41) is 14.3. The molecular weight excluding hydrogens is 320 g/mol. The van der Waals surface area contributed by atoms with Gasteiger partial charge in [0, 0.05) is 37.1 Å². The minimum absolute atomic E-state index is 0.120. The molecule has 1 amide bonds. The van der Waals surface area contributed by atoms with Gasteiger partial charge in [0.1, 0.15) is 5.58 Å². The van der Waals surface area contributed by atoms with Crippen molar-refractivity contribution in [3.05, 3.63) is 35.6 Å². The Morgan fingerprint density at radius 2 is 2.12 bits per heavy atom. The number of aliphatic hydroxyl groups is 1. The van der Waals surface area contributed by atoms with Gasteiger partial charge in [-0.2, -0.15) is 0 Å². The normalized spacial score (nSPS) is 18.2. The Labute approximate surface area is 147 Å². The minimum Gasteiger partial charge on any atom is -0.464 e. The van der Waals surface area contributed by atoms with Crippen LogP contribution in [0.2, 0.25) is 0 Å². The lowest BCUT2D eigenvalue weighted by atomic mass is 10.1. The fourth-order valence-corrected chi connectivity index (χ4v) is 3.15. The van der Waals surface area contributed by atoms with Crippen LogP contribution in [0, 0.1) is 6.92 Å². The number of carbonyl (C=O) groups excluding carboxylic acids is 1. The molecule has 1 saturated heterocycles. The third kappa shape index (κ3) is 4.81. The molecule has 6 heteroatoms. The van der Waals surface area contributed by atoms with Gasteiger partial charge in [-0.05, 0) is 25.5 Å². The van der Waals surface area contributed by atoms with Crippen molar-refractivity contribution < 1.29 is 19.1 Å². The molecule has 1 aromatic heterocycles. The number of hydrogen-bond donors (Lipinski definition) is 2. The average Bonchev–Trinajstić information content (AvgIpc) is 2.95. The van der Waals surface area contributed by atoms with E-state index in [4.69, 9.17) is 9.15 Å². The van der Waals surface area contributed by atoms with Gasteiger partial charge in [0.15, 0.2) is 0 Å². The van der Waals surface area contributed by atoms with E-state index in [1.807, 2.05) is 25.1 Å². The summed E-state index contributed by atoms with van der Waals surface area (Å²) < 4.78 is 10.8. The fourth-order valence-electron chi connectivity index (χ4n) is 3.15. The van der Waals surface area contributed by atoms with Gasteiger partial charge >= 0.3 is 0 Å². The Balaban J connectivity index is 1.53. The van der Waals surface area contributed by atoms with Crippen molar-refractivity contribution in [1.82, 2.24) is 10.2 Å². The molecule has 2 heterocycles. The van der Waals surface area contributed by atoms with E-state index in [2.05, 4.69) is 10.2 Å². The highest BCUT2D eigenvalue weighted by molar-refractivity contribution is 5.87. The predicted molar refractivity (Wildman–Crippen MR) is 95.5 cm³/mol. The average molecular weight is 346 g/mol. The molecule has 0 saturated carbocycles. The molecule has 1 aromatic carbocycles. The lowest BCUT2D eigenvalue weighted by Gasteiger charge is -2.33. The highest BCUT2D eigenvalue weighted by Gasteiger charge is 2.26. The van der Waals surface area contributed by atoms with Gasteiger partial charge in [0.05, 0.1) is 31.5 Å². The number of aryl methyl sites for hydroxylation is 1. The van der Waals surface area contributed by atoms with Gasteiger partial charge in [-0.15, -0.1) is 0 Å². The number of benzene rings is 1. The molecule has 6 nitrogen and oxygen atoms in total. The third-order valence-corrected chi connectivity index (χ3v) is 4.50. The van der Waals surface area contributed by atoms with Crippen molar-refractivity contribution in [3.8, 4) is 0 Å². The highest BCUT2D eigenvalue weighted by atomic mass is 16.5. The predicted octanol–water partition coefficient (Wildman–Crippen LogP) is 1.48. The van der Waals surface area contributed by atoms with Crippen LogP contribution < -0.4 is 5.32 Å². The van der Waals surface area contributed by atoms with Crippen LogP contribution in [0.25, 0.3) is 11.0 Å². The molecule has 1 unspecified atom stereocenters. The van der Waals surface area contributed by atoms with Gasteiger partial charge < -0.3 is 19.6 Å². The van der Waals surface area contributed by atoms with Gasteiger partial charge in [-0.3, -0.25) is 9.69 Å². The maximum absolute atomic E-state index is 12.3. The van der Waals surface area contributed by atoms with Gasteiger partial charge in [0.25, 0.3) is 0 Å². The highest BCUT2D eigenvalue weighted by Crippen LogP contribution is 2.22. The second-order valence-electron chi connectivity index (χ2n) is 7.10. The van der Waals surface area contributed by atoms with Gasteiger partial charge in [-0.25, -0.2) is 0 Å². The number of morpholine rings is 1. The first kappa shape index (κ1) is 17.9. The Kier molecular flexibility index (Phi) is 5.42. The summed E-state index contributed by atoms with van der Waals surface area (Å²) in [7, 11) is 0. The van der Waals surface area contributed by atoms with Crippen LogP contribution in [-0.2, 0) is 16.0 Å². The van der Waals surface area contributed by atoms with Crippen molar-refractivity contribution >= 4 is 16.9 Å². The smallest absolute Gasteiger partial charge is 0.224 e. The molecule has 1 aliphatic heterocycles. The summed E-state index contributed by atoms with van der Waals surface area (Å²) in [4.78, 5) is 14.4. The first-order valence-electron chi connectivity index (χ1n) is 8.69. The number of nitrogens with one attached hydrogen (secondary N) is 1. The number of nitrogens with zero attached hydrogens (tertiary/aromatic N) is 1. The van der Waals surface area contributed by atoms with E-state index in [-0.39, 0.29) is 18.9 Å². The maximum atomic E-state index is 12.3. The number of rotatable bonds is 6. The van der Waals surface area contributed by atoms with E-state index in [0.717, 1.165) is 35.2 Å². The molecule has 0 radical (unpaired) electrons. The van der Waals surface area contributed by atoms with E-state index in [1.54, 1.807) is 13.2 Å². The molecule has 1 atom stereocenters. The van der Waals surface area contributed by atoms with Crippen molar-refractivity contribution in [2.75, 3.05) is 39.4 Å². The van der Waals surface area contributed by atoms with E-state index < -0.39 is 5.60 Å². The topological polar surface area (TPSA) is 74.9 Å². The largest absolute Gasteiger partial charge is 0.464 e. The lowest BCUT2D eigenvalue weighted by Crippen LogP contribution is -2.51. The summed E-state index contributed by atoms with van der Waals surface area (Å²) in [6, 6.07) is 5.95. The monoisotopic (exact) mass is 346 g/mol. The number of ether oxygens (including phenoxy) is 1. The maximum Gasteiger partial charge on any atom is 0.224 e. The fraction of sp³-hybridized carbons (Fsp3) is 0.526. The number of fused-ring (bicyclic) bond motifs is 1. The van der Waals surface area contributed by atoms with Crippen molar-refractivity contribution in [3.63, 3.8) is 0 Å². The first-order valence-corrected chi connectivity index (χ1v) is 8.69. The molecule has 0 spiro atoms. The minimum atomic E-state index is -0.970. The standard InChI is InChI=1S/C19H26N2O4/c1-14-3-4-16-15(11-25-17(16)9-14)10-18(22)20-12-19(2,23)13-21-5-7-24-8-6-21/h3-4,9,11,23H,5-8,10,12-13H2,1-2H3,(H,20,22). The number of hydrogen-bond acceptors (Lipinski definition) is 5. The molecule has 3 rings (SSSR count).